The van der Waals surface area contributed by atoms with E-state index in [1.807, 2.05) is 11.3 Å². The summed E-state index contributed by atoms with van der Waals surface area (Å²) >= 11 is 5.30. The molecule has 16 heavy (non-hydrogen) atoms. The molecule has 0 aromatic carbocycles. The fourth-order valence-electron chi connectivity index (χ4n) is 1.90. The summed E-state index contributed by atoms with van der Waals surface area (Å²) in [4.78, 5) is 3.80. The fourth-order valence-corrected chi connectivity index (χ4v) is 3.34. The Bertz CT molecular complexity index is 312. The quantitative estimate of drug-likeness (QED) is 0.875. The summed E-state index contributed by atoms with van der Waals surface area (Å²) in [5, 5.41) is 2.14. The predicted octanol–water partition coefficient (Wildman–Crippen LogP) is 2.97. The Hall–Kier alpha value is 0.1000. The van der Waals surface area contributed by atoms with Gasteiger partial charge in [-0.25, -0.2) is 0 Å². The lowest BCUT2D eigenvalue weighted by Crippen LogP contribution is -2.42. The molecule has 2 nitrogen and oxygen atoms in total. The molecule has 0 fully saturated rings. The highest BCUT2D eigenvalue weighted by Gasteiger charge is 2.16. The second-order valence-corrected chi connectivity index (χ2v) is 6.42. The van der Waals surface area contributed by atoms with Crippen LogP contribution in [0.4, 0.5) is 0 Å². The Balaban J connectivity index is 2.42. The van der Waals surface area contributed by atoms with Crippen molar-refractivity contribution in [2.75, 3.05) is 20.1 Å². The van der Waals surface area contributed by atoms with Crippen molar-refractivity contribution in [3.8, 4) is 0 Å². The van der Waals surface area contributed by atoms with Gasteiger partial charge in [-0.1, -0.05) is 13.8 Å². The first-order chi connectivity index (χ1) is 7.54. The Morgan fingerprint density at radius 3 is 2.62 bits per heavy atom. The van der Waals surface area contributed by atoms with Gasteiger partial charge < -0.3 is 10.6 Å². The molecule has 0 aliphatic carbocycles. The first-order valence-corrected chi connectivity index (χ1v) is 7.35. The number of likely N-dealkylation sites (N-methyl/N-ethyl adjacent to an activating group) is 1. The van der Waals surface area contributed by atoms with Crippen LogP contribution < -0.4 is 5.73 Å². The molecule has 2 N–H and O–H groups in total. The van der Waals surface area contributed by atoms with Gasteiger partial charge in [0, 0.05) is 33.9 Å². The molecule has 92 valence electrons. The summed E-state index contributed by atoms with van der Waals surface area (Å²) < 4.78 is 1.19. The Morgan fingerprint density at radius 1 is 1.50 bits per heavy atom. The molecule has 0 saturated heterocycles. The van der Waals surface area contributed by atoms with Crippen LogP contribution >= 0.6 is 27.3 Å². The van der Waals surface area contributed by atoms with E-state index in [9.17, 15) is 0 Å². The lowest BCUT2D eigenvalue weighted by atomic mass is 10.0. The number of hydrogen-bond donors (Lipinski definition) is 1. The molecule has 0 radical (unpaired) electrons. The third-order valence-electron chi connectivity index (χ3n) is 2.91. The van der Waals surface area contributed by atoms with Crippen LogP contribution in [0.5, 0.6) is 0 Å². The van der Waals surface area contributed by atoms with E-state index in [1.54, 1.807) is 0 Å². The molecule has 1 rings (SSSR count). The van der Waals surface area contributed by atoms with Crippen molar-refractivity contribution < 1.29 is 0 Å². The summed E-state index contributed by atoms with van der Waals surface area (Å²) in [6.45, 7) is 6.28. The van der Waals surface area contributed by atoms with Crippen LogP contribution in [0, 0.1) is 5.92 Å². The van der Waals surface area contributed by atoms with E-state index in [0.29, 0.717) is 12.0 Å². The van der Waals surface area contributed by atoms with Crippen molar-refractivity contribution >= 4 is 27.3 Å². The van der Waals surface area contributed by atoms with Gasteiger partial charge in [-0.2, -0.15) is 0 Å². The molecule has 0 spiro atoms. The number of rotatable bonds is 6. The zero-order valence-electron chi connectivity index (χ0n) is 10.2. The normalized spacial score (nSPS) is 13.7. The maximum atomic E-state index is 5.80. The van der Waals surface area contributed by atoms with Crippen molar-refractivity contribution in [2.24, 2.45) is 11.7 Å². The zero-order chi connectivity index (χ0) is 12.1. The van der Waals surface area contributed by atoms with E-state index < -0.39 is 0 Å². The molecule has 0 bridgehead atoms. The smallest absolute Gasteiger partial charge is 0.0285 e. The summed E-state index contributed by atoms with van der Waals surface area (Å²) in [5.74, 6) is 0.616. The standard InChI is InChI=1S/C12H21BrN2S/c1-9(2)12(7-14)15(3)5-4-11-6-10(13)8-16-11/h6,8-9,12H,4-5,7,14H2,1-3H3. The molecule has 1 atom stereocenters. The summed E-state index contributed by atoms with van der Waals surface area (Å²) in [6.07, 6.45) is 1.11. The van der Waals surface area contributed by atoms with Crippen molar-refractivity contribution in [3.05, 3.63) is 20.8 Å². The van der Waals surface area contributed by atoms with E-state index in [-0.39, 0.29) is 0 Å². The second kappa shape index (κ2) is 6.74. The van der Waals surface area contributed by atoms with Gasteiger partial charge in [0.2, 0.25) is 0 Å². The highest BCUT2D eigenvalue weighted by Crippen LogP contribution is 2.20. The van der Waals surface area contributed by atoms with Gasteiger partial charge in [0.15, 0.2) is 0 Å². The van der Waals surface area contributed by atoms with Gasteiger partial charge in [0.25, 0.3) is 0 Å². The van der Waals surface area contributed by atoms with Gasteiger partial charge in [0.05, 0.1) is 0 Å². The van der Waals surface area contributed by atoms with Gasteiger partial charge in [0.1, 0.15) is 0 Å². The Morgan fingerprint density at radius 2 is 2.19 bits per heavy atom. The van der Waals surface area contributed by atoms with Gasteiger partial charge >= 0.3 is 0 Å². The number of nitrogens with two attached hydrogens (primary N) is 1. The van der Waals surface area contributed by atoms with Crippen molar-refractivity contribution in [1.29, 1.82) is 0 Å². The van der Waals surface area contributed by atoms with Crippen LogP contribution in [-0.4, -0.2) is 31.1 Å². The fraction of sp³-hybridized carbons (Fsp3) is 0.667. The average Bonchev–Trinajstić information content (AvgIpc) is 2.62. The SMILES string of the molecule is CC(C)C(CN)N(C)CCc1cc(Br)cs1. The molecular formula is C12H21BrN2S. The monoisotopic (exact) mass is 304 g/mol. The first-order valence-electron chi connectivity index (χ1n) is 5.67. The molecular weight excluding hydrogens is 284 g/mol. The van der Waals surface area contributed by atoms with Crippen molar-refractivity contribution in [1.82, 2.24) is 4.90 Å². The molecule has 0 amide bonds. The van der Waals surface area contributed by atoms with Crippen molar-refractivity contribution in [2.45, 2.75) is 26.3 Å². The molecule has 1 unspecified atom stereocenters. The molecule has 4 heteroatoms. The summed E-state index contributed by atoms with van der Waals surface area (Å²) in [6, 6.07) is 2.69. The Labute approximate surface area is 111 Å². The maximum absolute atomic E-state index is 5.80. The predicted molar refractivity (Wildman–Crippen MR) is 76.0 cm³/mol. The summed E-state index contributed by atoms with van der Waals surface area (Å²) in [7, 11) is 2.17. The Kier molecular flexibility index (Phi) is 5.97. The minimum atomic E-state index is 0.489. The molecule has 0 aliphatic rings. The van der Waals surface area contributed by atoms with Gasteiger partial charge in [-0.3, -0.25) is 0 Å². The molecule has 0 saturated carbocycles. The number of hydrogen-bond acceptors (Lipinski definition) is 3. The van der Waals surface area contributed by atoms with Crippen molar-refractivity contribution in [3.63, 3.8) is 0 Å². The van der Waals surface area contributed by atoms with Gasteiger partial charge in [-0.05, 0) is 41.4 Å². The second-order valence-electron chi connectivity index (χ2n) is 4.51. The zero-order valence-corrected chi connectivity index (χ0v) is 12.6. The highest BCUT2D eigenvalue weighted by molar-refractivity contribution is 9.10. The highest BCUT2D eigenvalue weighted by atomic mass is 79.9. The lowest BCUT2D eigenvalue weighted by Gasteiger charge is -2.29. The minimum absolute atomic E-state index is 0.489. The molecule has 1 aromatic heterocycles. The van der Waals surface area contributed by atoms with Crippen LogP contribution in [0.15, 0.2) is 15.9 Å². The van der Waals surface area contributed by atoms with Crippen LogP contribution in [0.25, 0.3) is 0 Å². The van der Waals surface area contributed by atoms with E-state index in [2.05, 4.69) is 53.2 Å². The largest absolute Gasteiger partial charge is 0.329 e. The first kappa shape index (κ1) is 14.2. The average molecular weight is 305 g/mol. The molecule has 0 aliphatic heterocycles. The maximum Gasteiger partial charge on any atom is 0.0285 e. The number of halogens is 1. The van der Waals surface area contributed by atoms with Crippen LogP contribution in [0.1, 0.15) is 18.7 Å². The third kappa shape index (κ3) is 4.17. The van der Waals surface area contributed by atoms with Crippen LogP contribution in [-0.2, 0) is 6.42 Å². The summed E-state index contributed by atoms with van der Waals surface area (Å²) in [5.41, 5.74) is 5.80. The lowest BCUT2D eigenvalue weighted by molar-refractivity contribution is 0.200. The van der Waals surface area contributed by atoms with Gasteiger partial charge in [-0.15, -0.1) is 11.3 Å². The number of nitrogens with zero attached hydrogens (tertiary/aromatic N) is 1. The minimum Gasteiger partial charge on any atom is -0.329 e. The van der Waals surface area contributed by atoms with Crippen LogP contribution in [0.2, 0.25) is 0 Å². The molecule has 1 aromatic rings. The van der Waals surface area contributed by atoms with E-state index in [0.717, 1.165) is 19.5 Å². The van der Waals surface area contributed by atoms with Crippen LogP contribution in [0.3, 0.4) is 0 Å². The molecule has 1 heterocycles. The number of thiophene rings is 1. The van der Waals surface area contributed by atoms with E-state index in [1.165, 1.54) is 9.35 Å². The topological polar surface area (TPSA) is 29.3 Å². The van der Waals surface area contributed by atoms with E-state index >= 15 is 0 Å². The third-order valence-corrected chi connectivity index (χ3v) is 4.67. The van der Waals surface area contributed by atoms with E-state index in [4.69, 9.17) is 5.73 Å².